The summed E-state index contributed by atoms with van der Waals surface area (Å²) in [6.07, 6.45) is 2.29. The number of hydrogen-bond acceptors (Lipinski definition) is 3. The molecule has 142 valence electrons. The van der Waals surface area contributed by atoms with Crippen molar-refractivity contribution in [2.75, 3.05) is 13.1 Å². The lowest BCUT2D eigenvalue weighted by molar-refractivity contribution is -0.121. The van der Waals surface area contributed by atoms with Crippen LogP contribution in [0.5, 0.6) is 0 Å². The topological polar surface area (TPSA) is 59.0 Å². The Morgan fingerprint density at radius 3 is 2.62 bits per heavy atom. The van der Waals surface area contributed by atoms with Crippen molar-refractivity contribution >= 4 is 41.5 Å². The Morgan fingerprint density at radius 1 is 1.27 bits per heavy atom. The first-order chi connectivity index (χ1) is 12.0. The summed E-state index contributed by atoms with van der Waals surface area (Å²) in [6, 6.07) is 5.66. The van der Waals surface area contributed by atoms with Crippen LogP contribution in [0.3, 0.4) is 0 Å². The zero-order valence-corrected chi connectivity index (χ0v) is 17.1. The minimum absolute atomic E-state index is 0. The van der Waals surface area contributed by atoms with E-state index in [1.54, 1.807) is 12.1 Å². The Balaban J connectivity index is 0.00000243. The van der Waals surface area contributed by atoms with Crippen LogP contribution in [0.4, 0.5) is 0 Å². The lowest BCUT2D eigenvalue weighted by atomic mass is 10.1. The van der Waals surface area contributed by atoms with Gasteiger partial charge in [-0.15, -0.1) is 12.4 Å². The highest BCUT2D eigenvalue weighted by atomic mass is 35.5. The standard InChI is InChI=1S/C18H22Cl2N4O.ClH/c1-11-15(10-18(25)22-13-5-7-21-8-6-13)12(2)24(23-11)14-3-4-16(19)17(20)9-14;/h3-4,9,13,21H,5-8,10H2,1-2H3,(H,22,25);1H. The molecule has 0 unspecified atom stereocenters. The number of carbonyl (C=O) groups excluding carboxylic acids is 1. The average Bonchev–Trinajstić information content (AvgIpc) is 2.86. The van der Waals surface area contributed by atoms with Crippen LogP contribution in [-0.4, -0.2) is 34.8 Å². The number of nitrogens with zero attached hydrogens (tertiary/aromatic N) is 2. The third-order valence-corrected chi connectivity index (χ3v) is 5.37. The first-order valence-electron chi connectivity index (χ1n) is 8.46. The van der Waals surface area contributed by atoms with Gasteiger partial charge in [-0.1, -0.05) is 23.2 Å². The molecule has 0 atom stereocenters. The number of aromatic nitrogens is 2. The van der Waals surface area contributed by atoms with Gasteiger partial charge in [0.25, 0.3) is 0 Å². The molecule has 1 aromatic carbocycles. The van der Waals surface area contributed by atoms with Crippen LogP contribution < -0.4 is 10.6 Å². The van der Waals surface area contributed by atoms with Crippen molar-refractivity contribution in [2.45, 2.75) is 39.2 Å². The molecule has 2 heterocycles. The molecule has 2 N–H and O–H groups in total. The van der Waals surface area contributed by atoms with Gasteiger partial charge in [0.05, 0.1) is 27.8 Å². The average molecular weight is 418 g/mol. The van der Waals surface area contributed by atoms with Gasteiger partial charge in [0.2, 0.25) is 5.91 Å². The van der Waals surface area contributed by atoms with E-state index in [1.807, 2.05) is 24.6 Å². The van der Waals surface area contributed by atoms with Gasteiger partial charge in [0.1, 0.15) is 0 Å². The maximum atomic E-state index is 12.4. The summed E-state index contributed by atoms with van der Waals surface area (Å²) in [4.78, 5) is 12.4. The van der Waals surface area contributed by atoms with Gasteiger partial charge in [0, 0.05) is 17.3 Å². The highest BCUT2D eigenvalue weighted by molar-refractivity contribution is 6.42. The first kappa shape index (κ1) is 21.0. The second-order valence-corrected chi connectivity index (χ2v) is 7.24. The predicted molar refractivity (Wildman–Crippen MR) is 108 cm³/mol. The molecule has 2 aromatic rings. The van der Waals surface area contributed by atoms with Crippen LogP contribution in [0.15, 0.2) is 18.2 Å². The Bertz CT molecular complexity index is 785. The number of halogens is 3. The minimum Gasteiger partial charge on any atom is -0.353 e. The maximum absolute atomic E-state index is 12.4. The van der Waals surface area contributed by atoms with E-state index in [0.29, 0.717) is 16.5 Å². The van der Waals surface area contributed by atoms with E-state index in [9.17, 15) is 4.79 Å². The molecular weight excluding hydrogens is 395 g/mol. The summed E-state index contributed by atoms with van der Waals surface area (Å²) in [7, 11) is 0. The van der Waals surface area contributed by atoms with E-state index >= 15 is 0 Å². The molecule has 1 aromatic heterocycles. The Labute approximate surface area is 169 Å². The molecule has 5 nitrogen and oxygen atoms in total. The van der Waals surface area contributed by atoms with Crippen molar-refractivity contribution in [3.8, 4) is 5.69 Å². The number of rotatable bonds is 4. The van der Waals surface area contributed by atoms with Gasteiger partial charge < -0.3 is 10.6 Å². The van der Waals surface area contributed by atoms with E-state index in [2.05, 4.69) is 15.7 Å². The number of benzene rings is 1. The largest absolute Gasteiger partial charge is 0.353 e. The predicted octanol–water partition coefficient (Wildman–Crippen LogP) is 3.63. The quantitative estimate of drug-likeness (QED) is 0.798. The third kappa shape index (κ3) is 4.71. The van der Waals surface area contributed by atoms with Crippen LogP contribution in [0.25, 0.3) is 5.69 Å². The zero-order chi connectivity index (χ0) is 18.0. The molecule has 1 amide bonds. The summed E-state index contributed by atoms with van der Waals surface area (Å²) in [5, 5.41) is 12.0. The van der Waals surface area contributed by atoms with Crippen LogP contribution in [-0.2, 0) is 11.2 Å². The van der Waals surface area contributed by atoms with Crippen molar-refractivity contribution in [3.05, 3.63) is 45.2 Å². The Morgan fingerprint density at radius 2 is 1.96 bits per heavy atom. The second kappa shape index (κ2) is 9.09. The number of nitrogens with one attached hydrogen (secondary N) is 2. The Hall–Kier alpha value is -1.27. The van der Waals surface area contributed by atoms with Gasteiger partial charge in [-0.2, -0.15) is 5.10 Å². The summed E-state index contributed by atoms with van der Waals surface area (Å²) >= 11 is 12.1. The van der Waals surface area contributed by atoms with Crippen molar-refractivity contribution in [2.24, 2.45) is 0 Å². The lowest BCUT2D eigenvalue weighted by Crippen LogP contribution is -2.43. The number of piperidine rings is 1. The molecule has 1 aliphatic heterocycles. The van der Waals surface area contributed by atoms with E-state index in [4.69, 9.17) is 23.2 Å². The summed E-state index contributed by atoms with van der Waals surface area (Å²) in [5.74, 6) is 0.0480. The second-order valence-electron chi connectivity index (χ2n) is 6.43. The van der Waals surface area contributed by atoms with Crippen molar-refractivity contribution in [1.29, 1.82) is 0 Å². The molecule has 1 fully saturated rings. The number of amides is 1. The number of carbonyl (C=O) groups is 1. The van der Waals surface area contributed by atoms with Crippen LogP contribution >= 0.6 is 35.6 Å². The SMILES string of the molecule is Cc1nn(-c2ccc(Cl)c(Cl)c2)c(C)c1CC(=O)NC1CCNCC1.Cl. The molecule has 3 rings (SSSR count). The normalized spacial score (nSPS) is 14.8. The molecule has 0 bridgehead atoms. The fraction of sp³-hybridized carbons (Fsp3) is 0.444. The van der Waals surface area contributed by atoms with Crippen LogP contribution in [0.2, 0.25) is 10.0 Å². The fourth-order valence-electron chi connectivity index (χ4n) is 3.20. The van der Waals surface area contributed by atoms with E-state index in [-0.39, 0.29) is 24.4 Å². The van der Waals surface area contributed by atoms with E-state index < -0.39 is 0 Å². The first-order valence-corrected chi connectivity index (χ1v) is 9.22. The Kier molecular flexibility index (Phi) is 7.35. The summed E-state index contributed by atoms with van der Waals surface area (Å²) < 4.78 is 1.81. The van der Waals surface area contributed by atoms with Crippen molar-refractivity contribution in [1.82, 2.24) is 20.4 Å². The molecular formula is C18H23Cl3N4O. The molecule has 0 aliphatic carbocycles. The molecule has 1 saturated heterocycles. The monoisotopic (exact) mass is 416 g/mol. The van der Waals surface area contributed by atoms with Crippen molar-refractivity contribution in [3.63, 3.8) is 0 Å². The third-order valence-electron chi connectivity index (χ3n) is 4.63. The van der Waals surface area contributed by atoms with Gasteiger partial charge in [0.15, 0.2) is 0 Å². The smallest absolute Gasteiger partial charge is 0.224 e. The van der Waals surface area contributed by atoms with Gasteiger partial charge in [-0.05, 0) is 58.0 Å². The molecule has 26 heavy (non-hydrogen) atoms. The van der Waals surface area contributed by atoms with Crippen LogP contribution in [0, 0.1) is 13.8 Å². The molecule has 1 aliphatic rings. The zero-order valence-electron chi connectivity index (χ0n) is 14.8. The maximum Gasteiger partial charge on any atom is 0.224 e. The number of hydrogen-bond donors (Lipinski definition) is 2. The van der Waals surface area contributed by atoms with Crippen LogP contribution in [0.1, 0.15) is 29.8 Å². The molecule has 0 spiro atoms. The minimum atomic E-state index is 0. The van der Waals surface area contributed by atoms with E-state index in [0.717, 1.165) is 48.6 Å². The molecule has 0 saturated carbocycles. The summed E-state index contributed by atoms with van der Waals surface area (Å²) in [6.45, 7) is 5.81. The highest BCUT2D eigenvalue weighted by Crippen LogP contribution is 2.26. The fourth-order valence-corrected chi connectivity index (χ4v) is 3.50. The number of aryl methyl sites for hydroxylation is 1. The van der Waals surface area contributed by atoms with Gasteiger partial charge >= 0.3 is 0 Å². The van der Waals surface area contributed by atoms with Crippen molar-refractivity contribution < 1.29 is 4.79 Å². The van der Waals surface area contributed by atoms with Gasteiger partial charge in [-0.25, -0.2) is 4.68 Å². The molecule has 0 radical (unpaired) electrons. The lowest BCUT2D eigenvalue weighted by Gasteiger charge is -2.23. The summed E-state index contributed by atoms with van der Waals surface area (Å²) in [5.41, 5.74) is 3.58. The van der Waals surface area contributed by atoms with E-state index in [1.165, 1.54) is 0 Å². The highest BCUT2D eigenvalue weighted by Gasteiger charge is 2.19. The van der Waals surface area contributed by atoms with Gasteiger partial charge in [-0.3, -0.25) is 4.79 Å². The molecule has 8 heteroatoms.